The molecule has 0 amide bonds. The highest BCUT2D eigenvalue weighted by atomic mass is 127. The average molecular weight is 426 g/mol. The largest absolute Gasteiger partial charge is 0.479 e. The first kappa shape index (κ1) is 22.2. The summed E-state index contributed by atoms with van der Waals surface area (Å²) in [5, 5.41) is 18.4. The first-order valence-corrected chi connectivity index (χ1v) is 10.2. The van der Waals surface area contributed by atoms with Gasteiger partial charge in [-0.05, 0) is 35.4 Å². The molecule has 0 rings (SSSR count). The topological polar surface area (TPSA) is 57.5 Å². The summed E-state index contributed by atoms with van der Waals surface area (Å²) in [6.45, 7) is 2.26. The molecule has 3 nitrogen and oxygen atoms in total. The molecule has 0 aliphatic heterocycles. The molecule has 0 spiro atoms. The number of aliphatic hydroxyl groups is 1. The fraction of sp³-hybridized carbons (Fsp3) is 0.944. The van der Waals surface area contributed by atoms with Gasteiger partial charge < -0.3 is 10.2 Å². The molecule has 1 unspecified atom stereocenters. The number of aliphatic carboxylic acids is 1. The first-order chi connectivity index (χ1) is 10.5. The second-order valence-electron chi connectivity index (χ2n) is 6.41. The lowest BCUT2D eigenvalue weighted by Gasteiger charge is -2.15. The molecule has 2 N–H and O–H groups in total. The average Bonchev–Trinajstić information content (AvgIpc) is 2.47. The van der Waals surface area contributed by atoms with Gasteiger partial charge in [0.1, 0.15) is 0 Å². The SMILES string of the molecule is CCCCCCCCCCCCCCCCC(O)(I)C(=O)O. The Hall–Kier alpha value is 0.160. The number of carboxylic acids is 1. The lowest BCUT2D eigenvalue weighted by atomic mass is 10.0. The summed E-state index contributed by atoms with van der Waals surface area (Å²) in [7, 11) is 0. The normalized spacial score (nSPS) is 14.0. The molecule has 0 aliphatic carbocycles. The Morgan fingerprint density at radius 2 is 1.09 bits per heavy atom. The third-order valence-electron chi connectivity index (χ3n) is 4.19. The van der Waals surface area contributed by atoms with Crippen LogP contribution in [0.3, 0.4) is 0 Å². The van der Waals surface area contributed by atoms with E-state index in [0.29, 0.717) is 6.42 Å². The molecule has 0 fully saturated rings. The Kier molecular flexibility index (Phi) is 14.8. The van der Waals surface area contributed by atoms with Crippen molar-refractivity contribution in [3.8, 4) is 0 Å². The predicted octanol–water partition coefficient (Wildman–Crippen LogP) is 6.07. The smallest absolute Gasteiger partial charge is 0.346 e. The number of alkyl halides is 1. The van der Waals surface area contributed by atoms with Crippen LogP contribution in [0.15, 0.2) is 0 Å². The van der Waals surface area contributed by atoms with E-state index in [9.17, 15) is 9.90 Å². The van der Waals surface area contributed by atoms with E-state index in [4.69, 9.17) is 5.11 Å². The Balaban J connectivity index is 3.16. The fourth-order valence-electron chi connectivity index (χ4n) is 2.66. The van der Waals surface area contributed by atoms with E-state index in [1.807, 2.05) is 0 Å². The van der Waals surface area contributed by atoms with Crippen LogP contribution in [-0.2, 0) is 4.79 Å². The van der Waals surface area contributed by atoms with Crippen molar-refractivity contribution >= 4 is 28.6 Å². The van der Waals surface area contributed by atoms with Crippen LogP contribution in [0, 0.1) is 0 Å². The summed E-state index contributed by atoms with van der Waals surface area (Å²) >= 11 is 1.62. The van der Waals surface area contributed by atoms with Crippen molar-refractivity contribution < 1.29 is 15.0 Å². The molecule has 4 heteroatoms. The highest BCUT2D eigenvalue weighted by molar-refractivity contribution is 14.1. The maximum atomic E-state index is 10.7. The highest BCUT2D eigenvalue weighted by Gasteiger charge is 2.31. The number of unbranched alkanes of at least 4 members (excludes halogenated alkanes) is 13. The number of carboxylic acid groups (broad SMARTS) is 1. The Labute approximate surface area is 150 Å². The maximum absolute atomic E-state index is 10.7. The van der Waals surface area contributed by atoms with Crippen LogP contribution >= 0.6 is 22.6 Å². The molecule has 0 aliphatic rings. The van der Waals surface area contributed by atoms with Crippen molar-refractivity contribution in [3.63, 3.8) is 0 Å². The van der Waals surface area contributed by atoms with Gasteiger partial charge in [-0.2, -0.15) is 0 Å². The quantitative estimate of drug-likeness (QED) is 0.179. The Morgan fingerprint density at radius 1 is 0.773 bits per heavy atom. The summed E-state index contributed by atoms with van der Waals surface area (Å²) in [6.07, 6.45) is 18.3. The van der Waals surface area contributed by atoms with Gasteiger partial charge in [-0.1, -0.05) is 90.4 Å². The summed E-state index contributed by atoms with van der Waals surface area (Å²) < 4.78 is -1.57. The van der Waals surface area contributed by atoms with Crippen LogP contribution in [0.2, 0.25) is 0 Å². The lowest BCUT2D eigenvalue weighted by Crippen LogP contribution is -2.30. The first-order valence-electron chi connectivity index (χ1n) is 9.15. The van der Waals surface area contributed by atoms with Crippen LogP contribution in [0.4, 0.5) is 0 Å². The molecule has 0 aromatic rings. The van der Waals surface area contributed by atoms with Gasteiger partial charge in [-0.3, -0.25) is 0 Å². The van der Waals surface area contributed by atoms with E-state index in [2.05, 4.69) is 6.92 Å². The van der Waals surface area contributed by atoms with Crippen LogP contribution < -0.4 is 0 Å². The highest BCUT2D eigenvalue weighted by Crippen LogP contribution is 2.23. The minimum atomic E-state index is -1.57. The minimum Gasteiger partial charge on any atom is -0.479 e. The van der Waals surface area contributed by atoms with Crippen molar-refractivity contribution in [2.45, 2.75) is 107 Å². The maximum Gasteiger partial charge on any atom is 0.346 e. The summed E-state index contributed by atoms with van der Waals surface area (Å²) in [5.41, 5.74) is 0. The molecular formula is C18H35IO3. The zero-order chi connectivity index (χ0) is 16.7. The fourth-order valence-corrected chi connectivity index (χ4v) is 3.04. The van der Waals surface area contributed by atoms with Crippen LogP contribution in [-0.4, -0.2) is 19.8 Å². The molecule has 0 bridgehead atoms. The van der Waals surface area contributed by atoms with Gasteiger partial charge in [0, 0.05) is 0 Å². The molecule has 22 heavy (non-hydrogen) atoms. The predicted molar refractivity (Wildman–Crippen MR) is 102 cm³/mol. The Bertz CT molecular complexity index is 267. The van der Waals surface area contributed by atoms with Crippen LogP contribution in [0.5, 0.6) is 0 Å². The van der Waals surface area contributed by atoms with Crippen molar-refractivity contribution in [1.82, 2.24) is 0 Å². The second-order valence-corrected chi connectivity index (χ2v) is 8.20. The molecule has 0 heterocycles. The monoisotopic (exact) mass is 426 g/mol. The van der Waals surface area contributed by atoms with E-state index in [0.717, 1.165) is 19.3 Å². The van der Waals surface area contributed by atoms with E-state index in [1.165, 1.54) is 70.6 Å². The van der Waals surface area contributed by atoms with Gasteiger partial charge >= 0.3 is 5.97 Å². The van der Waals surface area contributed by atoms with Gasteiger partial charge in [0.15, 0.2) is 0 Å². The van der Waals surface area contributed by atoms with Crippen molar-refractivity contribution in [1.29, 1.82) is 0 Å². The number of rotatable bonds is 16. The van der Waals surface area contributed by atoms with Crippen LogP contribution in [0.25, 0.3) is 0 Å². The zero-order valence-corrected chi connectivity index (χ0v) is 16.4. The molecule has 1 atom stereocenters. The summed E-state index contributed by atoms with van der Waals surface area (Å²) in [4.78, 5) is 10.7. The van der Waals surface area contributed by atoms with Crippen molar-refractivity contribution in [2.24, 2.45) is 0 Å². The zero-order valence-electron chi connectivity index (χ0n) is 14.3. The standard InChI is InChI=1S/C18H35IO3/c1-2-3-4-5-6-7-8-9-10-11-12-13-14-15-16-18(19,22)17(20)21/h22H,2-16H2,1H3,(H,20,21). The molecule has 0 radical (unpaired) electrons. The van der Waals surface area contributed by atoms with E-state index < -0.39 is 9.58 Å². The molecule has 0 saturated heterocycles. The minimum absolute atomic E-state index is 0.348. The van der Waals surface area contributed by atoms with Gasteiger partial charge in [-0.25, -0.2) is 4.79 Å². The molecular weight excluding hydrogens is 391 g/mol. The third-order valence-corrected chi connectivity index (χ3v) is 5.19. The van der Waals surface area contributed by atoms with Crippen molar-refractivity contribution in [2.75, 3.05) is 0 Å². The molecule has 132 valence electrons. The van der Waals surface area contributed by atoms with Gasteiger partial charge in [-0.15, -0.1) is 0 Å². The number of carbonyl (C=O) groups is 1. The Morgan fingerprint density at radius 3 is 1.41 bits per heavy atom. The van der Waals surface area contributed by atoms with Crippen molar-refractivity contribution in [3.05, 3.63) is 0 Å². The van der Waals surface area contributed by atoms with Gasteiger partial charge in [0.25, 0.3) is 0 Å². The molecule has 0 saturated carbocycles. The van der Waals surface area contributed by atoms with E-state index >= 15 is 0 Å². The summed E-state index contributed by atoms with van der Waals surface area (Å²) in [6, 6.07) is 0. The second kappa shape index (κ2) is 14.7. The lowest BCUT2D eigenvalue weighted by molar-refractivity contribution is -0.148. The summed E-state index contributed by atoms with van der Waals surface area (Å²) in [5.74, 6) is -1.12. The van der Waals surface area contributed by atoms with E-state index in [-0.39, 0.29) is 0 Å². The number of halogens is 1. The van der Waals surface area contributed by atoms with Gasteiger partial charge in [0.05, 0.1) is 0 Å². The van der Waals surface area contributed by atoms with Gasteiger partial charge in [0.2, 0.25) is 3.61 Å². The number of hydrogen-bond acceptors (Lipinski definition) is 2. The molecule has 0 aromatic carbocycles. The van der Waals surface area contributed by atoms with E-state index in [1.54, 1.807) is 22.6 Å². The third kappa shape index (κ3) is 13.8. The molecule has 0 aromatic heterocycles. The number of hydrogen-bond donors (Lipinski definition) is 2. The van der Waals surface area contributed by atoms with Crippen LogP contribution in [0.1, 0.15) is 103 Å².